The number of hydrogen-bond donors (Lipinski definition) is 1. The first kappa shape index (κ1) is 14.1. The second kappa shape index (κ2) is 6.26. The lowest BCUT2D eigenvalue weighted by molar-refractivity contribution is 0.555. The Bertz CT molecular complexity index is 604. The molecule has 1 aliphatic rings. The summed E-state index contributed by atoms with van der Waals surface area (Å²) in [4.78, 5) is 11.6. The van der Waals surface area contributed by atoms with Crippen LogP contribution in [0.15, 0.2) is 24.5 Å². The van der Waals surface area contributed by atoms with Gasteiger partial charge < -0.3 is 14.8 Å². The molecule has 0 atom stereocenters. The van der Waals surface area contributed by atoms with Crippen LogP contribution < -0.4 is 10.2 Å². The molecule has 5 heteroatoms. The Labute approximate surface area is 126 Å². The van der Waals surface area contributed by atoms with Crippen LogP contribution in [0.1, 0.15) is 30.9 Å². The Morgan fingerprint density at radius 3 is 2.95 bits per heavy atom. The summed E-state index contributed by atoms with van der Waals surface area (Å²) in [6.07, 6.45) is 4.90. The van der Waals surface area contributed by atoms with Crippen molar-refractivity contribution in [2.75, 3.05) is 18.0 Å². The summed E-state index contributed by atoms with van der Waals surface area (Å²) in [6, 6.07) is 4.41. The monoisotopic (exact) mass is 285 g/mol. The van der Waals surface area contributed by atoms with Crippen LogP contribution in [-0.4, -0.2) is 27.6 Å². The predicted octanol–water partition coefficient (Wildman–Crippen LogP) is 1.97. The second-order valence-electron chi connectivity index (χ2n) is 5.42. The second-order valence-corrected chi connectivity index (χ2v) is 5.42. The molecule has 0 aliphatic carbocycles. The van der Waals surface area contributed by atoms with Gasteiger partial charge in [0.15, 0.2) is 0 Å². The fourth-order valence-corrected chi connectivity index (χ4v) is 2.72. The maximum absolute atomic E-state index is 4.80. The lowest BCUT2D eigenvalue weighted by atomic mass is 10.1. The zero-order valence-corrected chi connectivity index (χ0v) is 12.8. The standard InChI is InChI=1S/C16H23N5/c1-3-14-9-13(11-17-4-2)10-15(19-14)21-8-7-20-6-5-18-16(20)12-21/h5-6,9-10,17H,3-4,7-8,11-12H2,1-2H3. The average molecular weight is 285 g/mol. The Kier molecular flexibility index (Phi) is 4.20. The summed E-state index contributed by atoms with van der Waals surface area (Å²) in [5.41, 5.74) is 2.47. The lowest BCUT2D eigenvalue weighted by Gasteiger charge is -2.29. The molecule has 21 heavy (non-hydrogen) atoms. The first-order chi connectivity index (χ1) is 10.3. The summed E-state index contributed by atoms with van der Waals surface area (Å²) in [6.45, 7) is 9.00. The highest BCUT2D eigenvalue weighted by molar-refractivity contribution is 5.43. The largest absolute Gasteiger partial charge is 0.347 e. The van der Waals surface area contributed by atoms with Gasteiger partial charge in [-0.1, -0.05) is 13.8 Å². The van der Waals surface area contributed by atoms with Crippen molar-refractivity contribution in [2.24, 2.45) is 0 Å². The van der Waals surface area contributed by atoms with Gasteiger partial charge in [0.25, 0.3) is 0 Å². The third kappa shape index (κ3) is 3.08. The van der Waals surface area contributed by atoms with Crippen molar-refractivity contribution in [2.45, 2.75) is 39.9 Å². The quantitative estimate of drug-likeness (QED) is 0.912. The highest BCUT2D eigenvalue weighted by Crippen LogP contribution is 2.20. The first-order valence-corrected chi connectivity index (χ1v) is 7.75. The van der Waals surface area contributed by atoms with E-state index in [1.165, 1.54) is 5.56 Å². The molecule has 0 bridgehead atoms. The van der Waals surface area contributed by atoms with Crippen molar-refractivity contribution < 1.29 is 0 Å². The SMILES string of the molecule is CCNCc1cc(CC)nc(N2CCn3ccnc3C2)c1. The molecule has 2 aromatic heterocycles. The maximum atomic E-state index is 4.80. The number of aromatic nitrogens is 3. The Balaban J connectivity index is 1.84. The average Bonchev–Trinajstić information content (AvgIpc) is 3.00. The summed E-state index contributed by atoms with van der Waals surface area (Å²) in [5, 5.41) is 3.39. The van der Waals surface area contributed by atoms with Crippen LogP contribution in [0, 0.1) is 0 Å². The van der Waals surface area contributed by atoms with Gasteiger partial charge in [-0.25, -0.2) is 9.97 Å². The fourth-order valence-electron chi connectivity index (χ4n) is 2.72. The number of rotatable bonds is 5. The van der Waals surface area contributed by atoms with Crippen molar-refractivity contribution in [3.8, 4) is 0 Å². The van der Waals surface area contributed by atoms with Gasteiger partial charge in [0, 0.05) is 37.7 Å². The van der Waals surface area contributed by atoms with Gasteiger partial charge in [-0.2, -0.15) is 0 Å². The van der Waals surface area contributed by atoms with Crippen LogP contribution in [0.3, 0.4) is 0 Å². The van der Waals surface area contributed by atoms with E-state index in [1.54, 1.807) is 0 Å². The summed E-state index contributed by atoms with van der Waals surface area (Å²) in [7, 11) is 0. The summed E-state index contributed by atoms with van der Waals surface area (Å²) < 4.78 is 2.22. The van der Waals surface area contributed by atoms with E-state index in [0.29, 0.717) is 0 Å². The van der Waals surface area contributed by atoms with E-state index in [4.69, 9.17) is 4.98 Å². The molecule has 0 saturated carbocycles. The van der Waals surface area contributed by atoms with E-state index in [2.05, 4.69) is 51.9 Å². The van der Waals surface area contributed by atoms with Crippen LogP contribution in [0.25, 0.3) is 0 Å². The zero-order valence-electron chi connectivity index (χ0n) is 12.8. The molecule has 0 unspecified atom stereocenters. The lowest BCUT2D eigenvalue weighted by Crippen LogP contribution is -2.34. The van der Waals surface area contributed by atoms with Crippen LogP contribution in [0.5, 0.6) is 0 Å². The van der Waals surface area contributed by atoms with Crippen LogP contribution in [0.2, 0.25) is 0 Å². The molecule has 5 nitrogen and oxygen atoms in total. The number of hydrogen-bond acceptors (Lipinski definition) is 4. The number of aryl methyl sites for hydroxylation is 1. The minimum atomic E-state index is 0.841. The number of nitrogens with zero attached hydrogens (tertiary/aromatic N) is 4. The molecule has 0 saturated heterocycles. The molecular formula is C16H23N5. The normalized spacial score (nSPS) is 14.3. The van der Waals surface area contributed by atoms with E-state index in [0.717, 1.165) is 56.5 Å². The number of fused-ring (bicyclic) bond motifs is 1. The van der Waals surface area contributed by atoms with Crippen molar-refractivity contribution in [3.63, 3.8) is 0 Å². The number of anilines is 1. The van der Waals surface area contributed by atoms with Gasteiger partial charge in [0.2, 0.25) is 0 Å². The number of imidazole rings is 1. The minimum Gasteiger partial charge on any atom is -0.347 e. The zero-order chi connectivity index (χ0) is 14.7. The van der Waals surface area contributed by atoms with E-state index >= 15 is 0 Å². The summed E-state index contributed by atoms with van der Waals surface area (Å²) >= 11 is 0. The Morgan fingerprint density at radius 2 is 2.14 bits per heavy atom. The number of pyridine rings is 1. The highest BCUT2D eigenvalue weighted by atomic mass is 15.3. The fraction of sp³-hybridized carbons (Fsp3) is 0.500. The van der Waals surface area contributed by atoms with Crippen molar-refractivity contribution in [1.29, 1.82) is 0 Å². The smallest absolute Gasteiger partial charge is 0.129 e. The molecule has 0 spiro atoms. The molecule has 3 heterocycles. The third-order valence-corrected chi connectivity index (χ3v) is 3.93. The van der Waals surface area contributed by atoms with Crippen LogP contribution in [-0.2, 0) is 26.1 Å². The molecule has 0 aromatic carbocycles. The van der Waals surface area contributed by atoms with Gasteiger partial charge in [-0.3, -0.25) is 0 Å². The van der Waals surface area contributed by atoms with Crippen LogP contribution in [0.4, 0.5) is 5.82 Å². The Morgan fingerprint density at radius 1 is 1.24 bits per heavy atom. The van der Waals surface area contributed by atoms with E-state index in [-0.39, 0.29) is 0 Å². The molecule has 0 amide bonds. The van der Waals surface area contributed by atoms with Crippen molar-refractivity contribution in [1.82, 2.24) is 19.9 Å². The van der Waals surface area contributed by atoms with Crippen molar-refractivity contribution in [3.05, 3.63) is 41.6 Å². The minimum absolute atomic E-state index is 0.841. The first-order valence-electron chi connectivity index (χ1n) is 7.75. The molecular weight excluding hydrogens is 262 g/mol. The van der Waals surface area contributed by atoms with E-state index < -0.39 is 0 Å². The van der Waals surface area contributed by atoms with Gasteiger partial charge >= 0.3 is 0 Å². The van der Waals surface area contributed by atoms with Gasteiger partial charge in [-0.05, 0) is 30.7 Å². The Hall–Kier alpha value is -1.88. The maximum Gasteiger partial charge on any atom is 0.129 e. The van der Waals surface area contributed by atoms with E-state index in [9.17, 15) is 0 Å². The molecule has 0 radical (unpaired) electrons. The summed E-state index contributed by atoms with van der Waals surface area (Å²) in [5.74, 6) is 2.20. The van der Waals surface area contributed by atoms with Gasteiger partial charge in [0.05, 0.1) is 6.54 Å². The van der Waals surface area contributed by atoms with Gasteiger partial charge in [0.1, 0.15) is 11.6 Å². The van der Waals surface area contributed by atoms with Crippen LogP contribution >= 0.6 is 0 Å². The highest BCUT2D eigenvalue weighted by Gasteiger charge is 2.18. The van der Waals surface area contributed by atoms with Gasteiger partial charge in [-0.15, -0.1) is 0 Å². The topological polar surface area (TPSA) is 46.0 Å². The molecule has 1 N–H and O–H groups in total. The molecule has 0 fully saturated rings. The molecule has 2 aromatic rings. The number of nitrogens with one attached hydrogen (secondary N) is 1. The van der Waals surface area contributed by atoms with E-state index in [1.807, 2.05) is 6.20 Å². The molecule has 3 rings (SSSR count). The third-order valence-electron chi connectivity index (χ3n) is 3.93. The molecule has 1 aliphatic heterocycles. The predicted molar refractivity (Wildman–Crippen MR) is 84.3 cm³/mol. The van der Waals surface area contributed by atoms with Crippen molar-refractivity contribution >= 4 is 5.82 Å². The molecule has 112 valence electrons.